The number of methoxy groups -OCH3 is 1. The van der Waals surface area contributed by atoms with E-state index in [-0.39, 0.29) is 11.6 Å². The van der Waals surface area contributed by atoms with Crippen molar-refractivity contribution in [1.29, 1.82) is 0 Å². The molecule has 28 heavy (non-hydrogen) atoms. The lowest BCUT2D eigenvalue weighted by Gasteiger charge is -2.12. The molecule has 7 nitrogen and oxygen atoms in total. The first-order valence-corrected chi connectivity index (χ1v) is 8.58. The first kappa shape index (κ1) is 17.7. The van der Waals surface area contributed by atoms with Gasteiger partial charge in [-0.05, 0) is 43.7 Å². The number of fused-ring (bicyclic) bond motifs is 1. The molecule has 2 heterocycles. The average Bonchev–Trinajstić information content (AvgIpc) is 3.15. The van der Waals surface area contributed by atoms with Gasteiger partial charge < -0.3 is 19.8 Å². The average molecular weight is 379 g/mol. The van der Waals surface area contributed by atoms with Crippen molar-refractivity contribution in [2.45, 2.75) is 13.8 Å². The molecular weight excluding hydrogens is 361 g/mol. The minimum absolute atomic E-state index is 0.161. The molecule has 2 N–H and O–H groups in total. The molecule has 8 heteroatoms. The Hall–Kier alpha value is -3.68. The second-order valence-electron chi connectivity index (χ2n) is 6.32. The predicted molar refractivity (Wildman–Crippen MR) is 105 cm³/mol. The van der Waals surface area contributed by atoms with Gasteiger partial charge in [0.2, 0.25) is 5.95 Å². The lowest BCUT2D eigenvalue weighted by molar-refractivity contribution is 0.385. The summed E-state index contributed by atoms with van der Waals surface area (Å²) in [6.45, 7) is 3.58. The maximum atomic E-state index is 14.0. The van der Waals surface area contributed by atoms with E-state index in [0.29, 0.717) is 28.6 Å². The zero-order valence-electron chi connectivity index (χ0n) is 15.6. The molecule has 4 aromatic rings. The van der Waals surface area contributed by atoms with Gasteiger partial charge in [-0.2, -0.15) is 4.98 Å². The van der Waals surface area contributed by atoms with Crippen LogP contribution in [-0.4, -0.2) is 22.1 Å². The fourth-order valence-electron chi connectivity index (χ4n) is 2.79. The van der Waals surface area contributed by atoms with Crippen LogP contribution in [0.25, 0.3) is 11.1 Å². The molecule has 0 saturated heterocycles. The molecule has 0 unspecified atom stereocenters. The maximum absolute atomic E-state index is 14.0. The number of nitrogens with zero attached hydrogens (tertiary/aromatic N) is 3. The van der Waals surface area contributed by atoms with Crippen LogP contribution in [0, 0.1) is 19.7 Å². The topological polar surface area (TPSA) is 85.1 Å². The van der Waals surface area contributed by atoms with Gasteiger partial charge in [0.25, 0.3) is 0 Å². The standard InChI is InChI=1S/C20H18FN5O2/c1-11-6-14(8-17(27-3)18(11)21)25-20-22-9-12(2)19(26-20)24-13-4-5-16-15(7-13)23-10-28-16/h4-10H,1-3H3,(H2,22,24,25,26). The molecule has 4 rings (SSSR count). The molecule has 142 valence electrons. The third kappa shape index (κ3) is 3.44. The zero-order valence-corrected chi connectivity index (χ0v) is 15.6. The normalized spacial score (nSPS) is 10.9. The van der Waals surface area contributed by atoms with Crippen molar-refractivity contribution in [3.63, 3.8) is 0 Å². The quantitative estimate of drug-likeness (QED) is 0.512. The van der Waals surface area contributed by atoms with Gasteiger partial charge in [-0.3, -0.25) is 0 Å². The van der Waals surface area contributed by atoms with E-state index in [4.69, 9.17) is 9.15 Å². The van der Waals surface area contributed by atoms with Gasteiger partial charge in [-0.1, -0.05) is 0 Å². The Morgan fingerprint density at radius 1 is 1.00 bits per heavy atom. The molecule has 0 radical (unpaired) electrons. The molecule has 2 aromatic heterocycles. The number of aromatic nitrogens is 3. The molecule has 2 aromatic carbocycles. The van der Waals surface area contributed by atoms with E-state index in [9.17, 15) is 4.39 Å². The molecule has 0 atom stereocenters. The lowest BCUT2D eigenvalue weighted by Crippen LogP contribution is -2.03. The van der Waals surface area contributed by atoms with Gasteiger partial charge in [0, 0.05) is 29.2 Å². The number of rotatable bonds is 5. The highest BCUT2D eigenvalue weighted by atomic mass is 19.1. The largest absolute Gasteiger partial charge is 0.494 e. The number of benzene rings is 2. The van der Waals surface area contributed by atoms with E-state index in [1.165, 1.54) is 13.5 Å². The number of oxazole rings is 1. The first-order chi connectivity index (χ1) is 13.5. The third-order valence-electron chi connectivity index (χ3n) is 4.26. The van der Waals surface area contributed by atoms with Crippen LogP contribution in [0.1, 0.15) is 11.1 Å². The van der Waals surface area contributed by atoms with Crippen LogP contribution >= 0.6 is 0 Å². The molecule has 0 spiro atoms. The van der Waals surface area contributed by atoms with Gasteiger partial charge in [-0.15, -0.1) is 0 Å². The van der Waals surface area contributed by atoms with Crippen molar-refractivity contribution in [3.8, 4) is 5.75 Å². The number of halogens is 1. The van der Waals surface area contributed by atoms with Crippen molar-refractivity contribution in [3.05, 3.63) is 59.9 Å². The van der Waals surface area contributed by atoms with E-state index >= 15 is 0 Å². The molecule has 0 bridgehead atoms. The fraction of sp³-hybridized carbons (Fsp3) is 0.150. The highest BCUT2D eigenvalue weighted by Gasteiger charge is 2.11. The van der Waals surface area contributed by atoms with Crippen LogP contribution in [0.3, 0.4) is 0 Å². The summed E-state index contributed by atoms with van der Waals surface area (Å²) in [5.74, 6) is 0.798. The predicted octanol–water partition coefficient (Wildman–Crippen LogP) is 4.87. The van der Waals surface area contributed by atoms with Crippen molar-refractivity contribution in [1.82, 2.24) is 15.0 Å². The van der Waals surface area contributed by atoms with Crippen molar-refractivity contribution in [2.75, 3.05) is 17.7 Å². The molecule has 0 saturated carbocycles. The van der Waals surface area contributed by atoms with Gasteiger partial charge in [0.15, 0.2) is 23.5 Å². The third-order valence-corrected chi connectivity index (χ3v) is 4.26. The number of hydrogen-bond donors (Lipinski definition) is 2. The summed E-state index contributed by atoms with van der Waals surface area (Å²) >= 11 is 0. The van der Waals surface area contributed by atoms with E-state index in [1.54, 1.807) is 25.3 Å². The van der Waals surface area contributed by atoms with Crippen LogP contribution in [-0.2, 0) is 0 Å². The van der Waals surface area contributed by atoms with Crippen molar-refractivity contribution >= 4 is 34.2 Å². The Morgan fingerprint density at radius 2 is 1.86 bits per heavy atom. The van der Waals surface area contributed by atoms with Gasteiger partial charge in [0.05, 0.1) is 7.11 Å². The molecular formula is C20H18FN5O2. The Balaban J connectivity index is 1.61. The Bertz CT molecular complexity index is 1160. The van der Waals surface area contributed by atoms with Crippen LogP contribution in [0.2, 0.25) is 0 Å². The molecule has 0 aliphatic heterocycles. The summed E-state index contributed by atoms with van der Waals surface area (Å²) in [4.78, 5) is 13.0. The summed E-state index contributed by atoms with van der Waals surface area (Å²) in [5.41, 5.74) is 4.27. The number of aryl methyl sites for hydroxylation is 2. The van der Waals surface area contributed by atoms with Crippen LogP contribution in [0.15, 0.2) is 47.3 Å². The molecule has 0 fully saturated rings. The van der Waals surface area contributed by atoms with Crippen LogP contribution in [0.5, 0.6) is 5.75 Å². The van der Waals surface area contributed by atoms with E-state index in [2.05, 4.69) is 25.6 Å². The van der Waals surface area contributed by atoms with Crippen LogP contribution in [0.4, 0.5) is 27.5 Å². The number of anilines is 4. The SMILES string of the molecule is COc1cc(Nc2ncc(C)c(Nc3ccc4ocnc4c3)n2)cc(C)c1F. The van der Waals surface area contributed by atoms with Gasteiger partial charge in [-0.25, -0.2) is 14.4 Å². The second kappa shape index (κ2) is 7.15. The minimum atomic E-state index is -0.386. The first-order valence-electron chi connectivity index (χ1n) is 8.58. The smallest absolute Gasteiger partial charge is 0.229 e. The van der Waals surface area contributed by atoms with Crippen molar-refractivity contribution < 1.29 is 13.5 Å². The maximum Gasteiger partial charge on any atom is 0.229 e. The summed E-state index contributed by atoms with van der Waals surface area (Å²) in [6.07, 6.45) is 3.12. The summed E-state index contributed by atoms with van der Waals surface area (Å²) in [6, 6.07) is 8.84. The monoisotopic (exact) mass is 379 g/mol. The molecule has 0 amide bonds. The number of hydrogen-bond acceptors (Lipinski definition) is 7. The Kier molecular flexibility index (Phi) is 4.52. The highest BCUT2D eigenvalue weighted by molar-refractivity contribution is 5.78. The lowest BCUT2D eigenvalue weighted by atomic mass is 10.2. The fourth-order valence-corrected chi connectivity index (χ4v) is 2.79. The Morgan fingerprint density at radius 3 is 2.68 bits per heavy atom. The molecule has 0 aliphatic rings. The summed E-state index contributed by atoms with van der Waals surface area (Å²) in [5, 5.41) is 6.36. The van der Waals surface area contributed by atoms with E-state index in [1.807, 2.05) is 25.1 Å². The number of ether oxygens (including phenoxy) is 1. The second-order valence-corrected chi connectivity index (χ2v) is 6.32. The van der Waals surface area contributed by atoms with Gasteiger partial charge in [0.1, 0.15) is 11.3 Å². The highest BCUT2D eigenvalue weighted by Crippen LogP contribution is 2.28. The molecule has 0 aliphatic carbocycles. The van der Waals surface area contributed by atoms with Gasteiger partial charge >= 0.3 is 0 Å². The Labute approximate surface area is 160 Å². The van der Waals surface area contributed by atoms with E-state index in [0.717, 1.165) is 16.8 Å². The van der Waals surface area contributed by atoms with Crippen LogP contribution < -0.4 is 15.4 Å². The number of nitrogens with one attached hydrogen (secondary N) is 2. The minimum Gasteiger partial charge on any atom is -0.494 e. The van der Waals surface area contributed by atoms with E-state index < -0.39 is 0 Å². The van der Waals surface area contributed by atoms with Crippen molar-refractivity contribution in [2.24, 2.45) is 0 Å². The zero-order chi connectivity index (χ0) is 19.7. The summed E-state index contributed by atoms with van der Waals surface area (Å²) in [7, 11) is 1.43. The summed E-state index contributed by atoms with van der Waals surface area (Å²) < 4.78 is 24.3.